The van der Waals surface area contributed by atoms with Crippen LogP contribution in [0.1, 0.15) is 16.7 Å². The van der Waals surface area contributed by atoms with Crippen molar-refractivity contribution in [3.63, 3.8) is 0 Å². The Morgan fingerprint density at radius 1 is 0.968 bits per heavy atom. The lowest BCUT2D eigenvalue weighted by Gasteiger charge is -2.12. The van der Waals surface area contributed by atoms with E-state index < -0.39 is 0 Å². The van der Waals surface area contributed by atoms with Crippen LogP contribution >= 0.6 is 23.4 Å². The highest BCUT2D eigenvalue weighted by Gasteiger charge is 2.35. The number of nitrogens with zero attached hydrogens (tertiary/aromatic N) is 1. The first kappa shape index (κ1) is 21.2. The highest BCUT2D eigenvalue weighted by molar-refractivity contribution is 8.18. The van der Waals surface area contributed by atoms with Gasteiger partial charge in [0.05, 0.1) is 11.4 Å². The zero-order chi connectivity index (χ0) is 21.8. The molecule has 7 heteroatoms. The molecule has 2 amide bonds. The van der Waals surface area contributed by atoms with Crippen LogP contribution in [0.3, 0.4) is 0 Å². The minimum Gasteiger partial charge on any atom is -0.489 e. The van der Waals surface area contributed by atoms with Crippen molar-refractivity contribution < 1.29 is 18.7 Å². The average molecular weight is 454 g/mol. The molecule has 3 aromatic rings. The average Bonchev–Trinajstić information content (AvgIpc) is 3.01. The topological polar surface area (TPSA) is 46.6 Å². The third-order valence-electron chi connectivity index (χ3n) is 4.58. The molecule has 0 atom stereocenters. The number of hydrogen-bond acceptors (Lipinski definition) is 4. The quantitative estimate of drug-likeness (QED) is 0.411. The van der Waals surface area contributed by atoms with Crippen molar-refractivity contribution in [2.24, 2.45) is 0 Å². The molecule has 4 rings (SSSR count). The number of thioether (sulfide) groups is 1. The van der Waals surface area contributed by atoms with Crippen LogP contribution in [0.4, 0.5) is 9.18 Å². The summed E-state index contributed by atoms with van der Waals surface area (Å²) in [5, 5.41) is 0.234. The van der Waals surface area contributed by atoms with Crippen molar-refractivity contribution >= 4 is 40.6 Å². The molecule has 1 aliphatic rings. The van der Waals surface area contributed by atoms with Crippen LogP contribution in [0, 0.1) is 5.82 Å². The van der Waals surface area contributed by atoms with Gasteiger partial charge in [-0.2, -0.15) is 0 Å². The number of ether oxygens (including phenoxy) is 1. The van der Waals surface area contributed by atoms with Crippen LogP contribution in [-0.4, -0.2) is 16.0 Å². The SMILES string of the molecule is O=C1S/C(=C\c2cccc(OCc3ccc(F)cc3)c2)C(=O)N1Cc1cccc(Cl)c1. The molecule has 0 N–H and O–H groups in total. The molecule has 0 radical (unpaired) electrons. The summed E-state index contributed by atoms with van der Waals surface area (Å²) in [5.41, 5.74) is 2.37. The van der Waals surface area contributed by atoms with Gasteiger partial charge in [-0.3, -0.25) is 14.5 Å². The van der Waals surface area contributed by atoms with Gasteiger partial charge >= 0.3 is 0 Å². The first-order valence-electron chi connectivity index (χ1n) is 9.45. The largest absolute Gasteiger partial charge is 0.489 e. The molecule has 4 nitrogen and oxygen atoms in total. The molecule has 1 heterocycles. The highest BCUT2D eigenvalue weighted by Crippen LogP contribution is 2.34. The Hall–Kier alpha value is -3.09. The third kappa shape index (κ3) is 5.34. The molecule has 1 fully saturated rings. The zero-order valence-corrected chi connectivity index (χ0v) is 17.8. The van der Waals surface area contributed by atoms with Gasteiger partial charge in [0.1, 0.15) is 18.2 Å². The fraction of sp³-hybridized carbons (Fsp3) is 0.0833. The third-order valence-corrected chi connectivity index (χ3v) is 5.72. The van der Waals surface area contributed by atoms with Crippen molar-refractivity contribution in [1.29, 1.82) is 0 Å². The summed E-state index contributed by atoms with van der Waals surface area (Å²) in [6.07, 6.45) is 1.67. The van der Waals surface area contributed by atoms with E-state index in [-0.39, 0.29) is 23.5 Å². The van der Waals surface area contributed by atoms with E-state index in [1.54, 1.807) is 48.5 Å². The summed E-state index contributed by atoms with van der Waals surface area (Å²) in [6.45, 7) is 0.462. The van der Waals surface area contributed by atoms with Crippen molar-refractivity contribution in [1.82, 2.24) is 4.90 Å². The Kier molecular flexibility index (Phi) is 6.39. The van der Waals surface area contributed by atoms with Crippen molar-refractivity contribution in [3.8, 4) is 5.75 Å². The molecule has 3 aromatic carbocycles. The van der Waals surface area contributed by atoms with Gasteiger partial charge in [0.15, 0.2) is 0 Å². The minimum absolute atomic E-state index is 0.170. The number of rotatable bonds is 6. The number of halogens is 2. The zero-order valence-electron chi connectivity index (χ0n) is 16.3. The molecular weight excluding hydrogens is 437 g/mol. The Labute approximate surface area is 188 Å². The summed E-state index contributed by atoms with van der Waals surface area (Å²) in [5.74, 6) is -0.0288. The Balaban J connectivity index is 1.45. The molecule has 0 unspecified atom stereocenters. The summed E-state index contributed by atoms with van der Waals surface area (Å²) in [6, 6.07) is 20.4. The number of carbonyl (C=O) groups is 2. The first-order valence-corrected chi connectivity index (χ1v) is 10.6. The van der Waals surface area contributed by atoms with Crippen molar-refractivity contribution in [2.45, 2.75) is 13.2 Å². The van der Waals surface area contributed by atoms with E-state index in [0.717, 1.165) is 28.5 Å². The molecule has 1 saturated heterocycles. The van der Waals surface area contributed by atoms with Gasteiger partial charge in [-0.1, -0.05) is 48.0 Å². The summed E-state index contributed by atoms with van der Waals surface area (Å²) >= 11 is 6.90. The van der Waals surface area contributed by atoms with Crippen LogP contribution in [0.15, 0.2) is 77.7 Å². The van der Waals surface area contributed by atoms with E-state index in [4.69, 9.17) is 16.3 Å². The predicted octanol–water partition coefficient (Wildman–Crippen LogP) is 6.29. The summed E-state index contributed by atoms with van der Waals surface area (Å²) < 4.78 is 18.8. The molecule has 0 aromatic heterocycles. The van der Waals surface area contributed by atoms with Gasteiger partial charge < -0.3 is 4.74 Å². The number of amides is 2. The van der Waals surface area contributed by atoms with E-state index in [1.165, 1.54) is 17.0 Å². The van der Waals surface area contributed by atoms with E-state index in [2.05, 4.69) is 0 Å². The van der Waals surface area contributed by atoms with Crippen LogP contribution < -0.4 is 4.74 Å². The second-order valence-corrected chi connectivity index (χ2v) is 8.32. The van der Waals surface area contributed by atoms with Gasteiger partial charge in [0, 0.05) is 5.02 Å². The van der Waals surface area contributed by atoms with Crippen LogP contribution in [-0.2, 0) is 17.9 Å². The van der Waals surface area contributed by atoms with Gasteiger partial charge in [-0.15, -0.1) is 0 Å². The van der Waals surface area contributed by atoms with E-state index in [9.17, 15) is 14.0 Å². The molecule has 0 spiro atoms. The molecule has 0 saturated carbocycles. The molecule has 0 aliphatic carbocycles. The number of carbonyl (C=O) groups excluding carboxylic acids is 2. The van der Waals surface area contributed by atoms with Crippen LogP contribution in [0.5, 0.6) is 5.75 Å². The second-order valence-electron chi connectivity index (χ2n) is 6.89. The molecular formula is C24H17ClFNO3S. The highest BCUT2D eigenvalue weighted by atomic mass is 35.5. The van der Waals surface area contributed by atoms with Gasteiger partial charge in [-0.05, 0) is 70.9 Å². The van der Waals surface area contributed by atoms with Crippen LogP contribution in [0.25, 0.3) is 6.08 Å². The lowest BCUT2D eigenvalue weighted by atomic mass is 10.2. The second kappa shape index (κ2) is 9.37. The van der Waals surface area contributed by atoms with Gasteiger partial charge in [0.25, 0.3) is 11.1 Å². The van der Waals surface area contributed by atoms with Gasteiger partial charge in [0.2, 0.25) is 0 Å². The predicted molar refractivity (Wildman–Crippen MR) is 120 cm³/mol. The lowest BCUT2D eigenvalue weighted by Crippen LogP contribution is -2.27. The van der Waals surface area contributed by atoms with Crippen molar-refractivity contribution in [2.75, 3.05) is 0 Å². The van der Waals surface area contributed by atoms with E-state index in [0.29, 0.717) is 22.3 Å². The molecule has 156 valence electrons. The Morgan fingerprint density at radius 2 is 1.74 bits per heavy atom. The maximum Gasteiger partial charge on any atom is 0.293 e. The molecule has 31 heavy (non-hydrogen) atoms. The first-order chi connectivity index (χ1) is 15.0. The van der Waals surface area contributed by atoms with E-state index in [1.807, 2.05) is 18.2 Å². The molecule has 1 aliphatic heterocycles. The Morgan fingerprint density at radius 3 is 2.52 bits per heavy atom. The normalized spacial score (nSPS) is 15.0. The summed E-state index contributed by atoms with van der Waals surface area (Å²) in [7, 11) is 0. The fourth-order valence-electron chi connectivity index (χ4n) is 3.05. The smallest absolute Gasteiger partial charge is 0.293 e. The van der Waals surface area contributed by atoms with Crippen molar-refractivity contribution in [3.05, 3.63) is 105 Å². The monoisotopic (exact) mass is 453 g/mol. The number of imide groups is 1. The maximum absolute atomic E-state index is 13.0. The van der Waals surface area contributed by atoms with E-state index >= 15 is 0 Å². The maximum atomic E-state index is 13.0. The summed E-state index contributed by atoms with van der Waals surface area (Å²) in [4.78, 5) is 26.7. The standard InChI is InChI=1S/C24H17ClFNO3S/c25-19-5-1-4-18(11-19)14-27-23(28)22(31-24(27)29)13-17-3-2-6-21(12-17)30-15-16-7-9-20(26)10-8-16/h1-13H,14-15H2/b22-13-. The number of benzene rings is 3. The fourth-order valence-corrected chi connectivity index (χ4v) is 4.10. The Bertz CT molecular complexity index is 1160. The van der Waals surface area contributed by atoms with Crippen LogP contribution in [0.2, 0.25) is 5.02 Å². The molecule has 0 bridgehead atoms. The van der Waals surface area contributed by atoms with Gasteiger partial charge in [-0.25, -0.2) is 4.39 Å². The number of hydrogen-bond donors (Lipinski definition) is 0. The lowest BCUT2D eigenvalue weighted by molar-refractivity contribution is -0.123. The minimum atomic E-state index is -0.340.